The molecule has 0 aliphatic rings. The Morgan fingerprint density at radius 2 is 1.84 bits per heavy atom. The van der Waals surface area contributed by atoms with Crippen molar-refractivity contribution in [3.8, 4) is 5.75 Å². The highest BCUT2D eigenvalue weighted by atomic mass is 35.5. The highest BCUT2D eigenvalue weighted by molar-refractivity contribution is 6.31. The van der Waals surface area contributed by atoms with Crippen LogP contribution < -0.4 is 15.0 Å². The zero-order chi connectivity index (χ0) is 18.2. The van der Waals surface area contributed by atoms with E-state index in [9.17, 15) is 4.79 Å². The van der Waals surface area contributed by atoms with Crippen LogP contribution in [0.25, 0.3) is 0 Å². The average molecular weight is 362 g/mol. The third-order valence-corrected chi connectivity index (χ3v) is 4.21. The molecule has 0 saturated heterocycles. The van der Waals surface area contributed by atoms with Crippen molar-refractivity contribution in [1.29, 1.82) is 0 Å². The van der Waals surface area contributed by atoms with Crippen molar-refractivity contribution in [2.24, 2.45) is 5.92 Å². The van der Waals surface area contributed by atoms with Crippen LogP contribution in [-0.4, -0.2) is 33.1 Å². The standard InChI is InChI=1S/C20H25ClN2O2/c1-15(13-23(2)3)12-22-20(24)16-8-10-18(11-9-16)25-14-17-6-4-5-7-19(17)21/h4-11,15H,12-14H2,1-3H3,(H,22,24)/p+1/t15-/m0/s1. The molecule has 0 aliphatic carbocycles. The van der Waals surface area contributed by atoms with Gasteiger partial charge in [0.15, 0.2) is 0 Å². The van der Waals surface area contributed by atoms with Gasteiger partial charge in [-0.2, -0.15) is 0 Å². The van der Waals surface area contributed by atoms with E-state index in [2.05, 4.69) is 26.3 Å². The van der Waals surface area contributed by atoms with Crippen molar-refractivity contribution in [3.63, 3.8) is 0 Å². The van der Waals surface area contributed by atoms with Gasteiger partial charge in [0.25, 0.3) is 5.91 Å². The lowest BCUT2D eigenvalue weighted by Gasteiger charge is -2.15. The zero-order valence-electron chi connectivity index (χ0n) is 15.0. The lowest BCUT2D eigenvalue weighted by atomic mass is 10.1. The van der Waals surface area contributed by atoms with Crippen molar-refractivity contribution in [2.45, 2.75) is 13.5 Å². The number of carbonyl (C=O) groups excluding carboxylic acids is 1. The Morgan fingerprint density at radius 1 is 1.16 bits per heavy atom. The predicted octanol–water partition coefficient (Wildman–Crippen LogP) is 2.43. The first kappa shape index (κ1) is 19.3. The lowest BCUT2D eigenvalue weighted by molar-refractivity contribution is -0.861. The third kappa shape index (κ3) is 6.40. The van der Waals surface area contributed by atoms with E-state index >= 15 is 0 Å². The molecule has 0 heterocycles. The van der Waals surface area contributed by atoms with Crippen molar-refractivity contribution < 1.29 is 14.4 Å². The van der Waals surface area contributed by atoms with Gasteiger partial charge in [-0.15, -0.1) is 0 Å². The highest BCUT2D eigenvalue weighted by Crippen LogP contribution is 2.19. The van der Waals surface area contributed by atoms with Crippen molar-refractivity contribution >= 4 is 17.5 Å². The van der Waals surface area contributed by atoms with Crippen molar-refractivity contribution in [2.75, 3.05) is 27.2 Å². The van der Waals surface area contributed by atoms with E-state index in [0.29, 0.717) is 35.4 Å². The lowest BCUT2D eigenvalue weighted by Crippen LogP contribution is -3.06. The molecule has 0 fully saturated rings. The molecule has 0 saturated carbocycles. The molecule has 0 spiro atoms. The Bertz CT molecular complexity index is 686. The van der Waals surface area contributed by atoms with Gasteiger partial charge in [-0.1, -0.05) is 36.7 Å². The summed E-state index contributed by atoms with van der Waals surface area (Å²) in [7, 11) is 4.22. The zero-order valence-corrected chi connectivity index (χ0v) is 15.8. The third-order valence-electron chi connectivity index (χ3n) is 3.84. The number of benzene rings is 2. The summed E-state index contributed by atoms with van der Waals surface area (Å²) in [6.45, 7) is 4.23. The van der Waals surface area contributed by atoms with E-state index in [-0.39, 0.29) is 5.91 Å². The molecule has 1 atom stereocenters. The summed E-state index contributed by atoms with van der Waals surface area (Å²) >= 11 is 6.11. The molecule has 25 heavy (non-hydrogen) atoms. The normalized spacial score (nSPS) is 12.0. The second-order valence-electron chi connectivity index (χ2n) is 6.63. The summed E-state index contributed by atoms with van der Waals surface area (Å²) in [6.07, 6.45) is 0. The number of ether oxygens (including phenoxy) is 1. The van der Waals surface area contributed by atoms with E-state index < -0.39 is 0 Å². The highest BCUT2D eigenvalue weighted by Gasteiger charge is 2.10. The second kappa shape index (κ2) is 9.44. The Kier molecular flexibility index (Phi) is 7.29. The Morgan fingerprint density at radius 3 is 2.48 bits per heavy atom. The fraction of sp³-hybridized carbons (Fsp3) is 0.350. The van der Waals surface area contributed by atoms with Gasteiger partial charge in [-0.05, 0) is 30.3 Å². The summed E-state index contributed by atoms with van der Waals surface area (Å²) < 4.78 is 5.73. The largest absolute Gasteiger partial charge is 0.489 e. The smallest absolute Gasteiger partial charge is 0.251 e. The summed E-state index contributed by atoms with van der Waals surface area (Å²) in [5, 5.41) is 3.67. The van der Waals surface area contributed by atoms with E-state index in [1.807, 2.05) is 24.3 Å². The molecule has 5 heteroatoms. The fourth-order valence-corrected chi connectivity index (χ4v) is 2.81. The summed E-state index contributed by atoms with van der Waals surface area (Å²) in [5.41, 5.74) is 1.57. The molecule has 1 amide bonds. The van der Waals surface area contributed by atoms with Gasteiger partial charge < -0.3 is 15.0 Å². The Balaban J connectivity index is 1.84. The van der Waals surface area contributed by atoms with E-state index in [1.54, 1.807) is 24.3 Å². The molecule has 0 aromatic heterocycles. The number of rotatable bonds is 8. The van der Waals surface area contributed by atoms with Crippen LogP contribution in [0.4, 0.5) is 0 Å². The maximum atomic E-state index is 12.2. The average Bonchev–Trinajstić information content (AvgIpc) is 2.59. The molecule has 2 N–H and O–H groups in total. The van der Waals surface area contributed by atoms with Crippen LogP contribution in [0.5, 0.6) is 5.75 Å². The van der Waals surface area contributed by atoms with Crippen LogP contribution in [0.3, 0.4) is 0 Å². The topological polar surface area (TPSA) is 42.8 Å². The number of halogens is 1. The molecule has 2 rings (SSSR count). The van der Waals surface area contributed by atoms with Crippen LogP contribution in [0, 0.1) is 5.92 Å². The van der Waals surface area contributed by atoms with Crippen LogP contribution >= 0.6 is 11.6 Å². The van der Waals surface area contributed by atoms with Crippen LogP contribution in [0.15, 0.2) is 48.5 Å². The van der Waals surface area contributed by atoms with Gasteiger partial charge in [0.1, 0.15) is 12.4 Å². The number of quaternary nitrogens is 1. The molecule has 0 radical (unpaired) electrons. The van der Waals surface area contributed by atoms with Crippen LogP contribution in [0.1, 0.15) is 22.8 Å². The molecule has 0 aliphatic heterocycles. The molecule has 2 aromatic carbocycles. The van der Waals surface area contributed by atoms with Crippen molar-refractivity contribution in [1.82, 2.24) is 5.32 Å². The quantitative estimate of drug-likeness (QED) is 0.758. The Hall–Kier alpha value is -2.04. The van der Waals surface area contributed by atoms with Gasteiger partial charge in [-0.25, -0.2) is 0 Å². The van der Waals surface area contributed by atoms with Crippen LogP contribution in [-0.2, 0) is 6.61 Å². The maximum absolute atomic E-state index is 12.2. The van der Waals surface area contributed by atoms with E-state index in [4.69, 9.17) is 16.3 Å². The summed E-state index contributed by atoms with van der Waals surface area (Å²) in [4.78, 5) is 13.6. The molecular weight excluding hydrogens is 336 g/mol. The maximum Gasteiger partial charge on any atom is 0.251 e. The minimum atomic E-state index is -0.0572. The number of amides is 1. The van der Waals surface area contributed by atoms with E-state index in [0.717, 1.165) is 12.1 Å². The van der Waals surface area contributed by atoms with Crippen molar-refractivity contribution in [3.05, 3.63) is 64.7 Å². The van der Waals surface area contributed by atoms with Gasteiger partial charge in [0.2, 0.25) is 0 Å². The minimum absolute atomic E-state index is 0.0572. The summed E-state index contributed by atoms with van der Waals surface area (Å²) in [5.74, 6) is 1.09. The van der Waals surface area contributed by atoms with Crippen LogP contribution in [0.2, 0.25) is 5.02 Å². The first-order valence-electron chi connectivity index (χ1n) is 8.49. The van der Waals surface area contributed by atoms with Gasteiger partial charge in [-0.3, -0.25) is 4.79 Å². The minimum Gasteiger partial charge on any atom is -0.489 e. The van der Waals surface area contributed by atoms with Gasteiger partial charge >= 0.3 is 0 Å². The van der Waals surface area contributed by atoms with E-state index in [1.165, 1.54) is 4.90 Å². The summed E-state index contributed by atoms with van der Waals surface area (Å²) in [6, 6.07) is 14.8. The fourth-order valence-electron chi connectivity index (χ4n) is 2.62. The molecule has 0 bridgehead atoms. The number of nitrogens with one attached hydrogen (secondary N) is 2. The monoisotopic (exact) mass is 361 g/mol. The second-order valence-corrected chi connectivity index (χ2v) is 7.04. The van der Waals surface area contributed by atoms with Gasteiger partial charge in [0, 0.05) is 28.6 Å². The Labute approximate surface area is 154 Å². The number of carbonyl (C=O) groups is 1. The SMILES string of the molecule is C[C@@H](CNC(=O)c1ccc(OCc2ccccc2Cl)cc1)C[NH+](C)C. The predicted molar refractivity (Wildman–Crippen MR) is 101 cm³/mol. The first-order valence-corrected chi connectivity index (χ1v) is 8.87. The molecule has 2 aromatic rings. The first-order chi connectivity index (χ1) is 12.0. The molecule has 4 nitrogen and oxygen atoms in total. The molecule has 134 valence electrons. The number of hydrogen-bond acceptors (Lipinski definition) is 2. The number of hydrogen-bond donors (Lipinski definition) is 2. The molecule has 0 unspecified atom stereocenters. The van der Waals surface area contributed by atoms with Gasteiger partial charge in [0.05, 0.1) is 20.6 Å². The molecular formula is C20H26ClN2O2+.